The summed E-state index contributed by atoms with van der Waals surface area (Å²) in [6, 6.07) is 2.88. The fraction of sp³-hybridized carbons (Fsp3) is 0.429. The van der Waals surface area contributed by atoms with Crippen molar-refractivity contribution in [3.63, 3.8) is 0 Å². The van der Waals surface area contributed by atoms with Crippen LogP contribution in [0, 0.1) is 11.6 Å². The highest BCUT2D eigenvalue weighted by Gasteiger charge is 2.12. The quantitative estimate of drug-likeness (QED) is 0.900. The van der Waals surface area contributed by atoms with Gasteiger partial charge in [0.1, 0.15) is 17.7 Å². The molecule has 0 aliphatic carbocycles. The predicted octanol–water partition coefficient (Wildman–Crippen LogP) is 3.89. The number of furan rings is 1. The summed E-state index contributed by atoms with van der Waals surface area (Å²) in [6.45, 7) is 5.94. The molecule has 0 saturated heterocycles. The van der Waals surface area contributed by atoms with Gasteiger partial charge in [-0.3, -0.25) is 0 Å². The number of nitrogens with one attached hydrogen (secondary N) is 1. The molecule has 0 radical (unpaired) electrons. The van der Waals surface area contributed by atoms with Crippen LogP contribution in [-0.2, 0) is 6.42 Å². The smallest absolute Gasteiger partial charge is 0.169 e. The first-order chi connectivity index (χ1) is 8.61. The van der Waals surface area contributed by atoms with Crippen LogP contribution in [0.4, 0.5) is 8.78 Å². The Balaban J connectivity index is 0.000000771. The molecule has 0 amide bonds. The molecule has 0 bridgehead atoms. The number of fused-ring (bicyclic) bond motifs is 1. The minimum absolute atomic E-state index is 0.141. The van der Waals surface area contributed by atoms with Crippen LogP contribution in [0.1, 0.15) is 26.3 Å². The molecule has 1 aromatic heterocycles. The Kier molecular flexibility index (Phi) is 5.28. The fourth-order valence-electron chi connectivity index (χ4n) is 1.65. The molecule has 1 heterocycles. The van der Waals surface area contributed by atoms with Crippen LogP contribution in [0.15, 0.2) is 22.8 Å². The molecule has 0 fully saturated rings. The molecule has 0 saturated carbocycles. The Morgan fingerprint density at radius 1 is 1.22 bits per heavy atom. The molecular weight excluding hydrogens is 236 g/mol. The Morgan fingerprint density at radius 3 is 2.50 bits per heavy atom. The second-order valence-corrected chi connectivity index (χ2v) is 3.92. The Morgan fingerprint density at radius 2 is 1.89 bits per heavy atom. The summed E-state index contributed by atoms with van der Waals surface area (Å²) < 4.78 is 31.7. The van der Waals surface area contributed by atoms with Crippen molar-refractivity contribution in [3.05, 3.63) is 35.6 Å². The van der Waals surface area contributed by atoms with E-state index in [2.05, 4.69) is 5.32 Å². The van der Waals surface area contributed by atoms with Gasteiger partial charge < -0.3 is 9.73 Å². The van der Waals surface area contributed by atoms with Crippen molar-refractivity contribution in [3.8, 4) is 0 Å². The van der Waals surface area contributed by atoms with Crippen molar-refractivity contribution < 1.29 is 13.2 Å². The van der Waals surface area contributed by atoms with Crippen LogP contribution in [0.25, 0.3) is 11.0 Å². The molecule has 100 valence electrons. The van der Waals surface area contributed by atoms with Gasteiger partial charge in [0.15, 0.2) is 5.82 Å². The van der Waals surface area contributed by atoms with Gasteiger partial charge in [0.25, 0.3) is 0 Å². The van der Waals surface area contributed by atoms with Crippen molar-refractivity contribution in [2.75, 3.05) is 7.05 Å². The van der Waals surface area contributed by atoms with Crippen LogP contribution < -0.4 is 5.32 Å². The van der Waals surface area contributed by atoms with Gasteiger partial charge in [-0.2, -0.15) is 0 Å². The lowest BCUT2D eigenvalue weighted by Crippen LogP contribution is -2.23. The van der Waals surface area contributed by atoms with Crippen LogP contribution in [0.2, 0.25) is 0 Å². The van der Waals surface area contributed by atoms with Gasteiger partial charge in [-0.05, 0) is 32.0 Å². The summed E-state index contributed by atoms with van der Waals surface area (Å²) in [5.74, 6) is -0.808. The van der Waals surface area contributed by atoms with E-state index < -0.39 is 5.82 Å². The lowest BCUT2D eigenvalue weighted by molar-refractivity contribution is 0.551. The minimum Gasteiger partial charge on any atom is -0.461 e. The third kappa shape index (κ3) is 3.07. The van der Waals surface area contributed by atoms with Crippen LogP contribution >= 0.6 is 0 Å². The fourth-order valence-corrected chi connectivity index (χ4v) is 1.65. The minimum atomic E-state index is -0.451. The Hall–Kier alpha value is -1.42. The molecule has 1 atom stereocenters. The lowest BCUT2D eigenvalue weighted by Gasteiger charge is -2.10. The van der Waals surface area contributed by atoms with Crippen molar-refractivity contribution in [2.24, 2.45) is 0 Å². The highest BCUT2D eigenvalue weighted by molar-refractivity contribution is 5.78. The SMILES string of the molecule is CC.CNC(C)Cc1cc2c(F)coc2cc1F. The maximum atomic E-state index is 13.6. The van der Waals surface area contributed by atoms with Crippen molar-refractivity contribution >= 4 is 11.0 Å². The highest BCUT2D eigenvalue weighted by atomic mass is 19.1. The normalized spacial score (nSPS) is 12.1. The van der Waals surface area contributed by atoms with E-state index in [4.69, 9.17) is 4.42 Å². The van der Waals surface area contributed by atoms with Gasteiger partial charge in [0, 0.05) is 12.1 Å². The van der Waals surface area contributed by atoms with E-state index in [0.29, 0.717) is 17.4 Å². The number of hydrogen-bond donors (Lipinski definition) is 1. The van der Waals surface area contributed by atoms with E-state index in [1.165, 1.54) is 12.1 Å². The van der Waals surface area contributed by atoms with E-state index in [9.17, 15) is 8.78 Å². The van der Waals surface area contributed by atoms with Gasteiger partial charge >= 0.3 is 0 Å². The Labute approximate surface area is 106 Å². The molecule has 4 heteroatoms. The molecule has 18 heavy (non-hydrogen) atoms. The van der Waals surface area contributed by atoms with E-state index in [-0.39, 0.29) is 17.4 Å². The zero-order chi connectivity index (χ0) is 13.7. The molecule has 2 rings (SSSR count). The maximum Gasteiger partial charge on any atom is 0.169 e. The van der Waals surface area contributed by atoms with E-state index in [1.54, 1.807) is 7.05 Å². The standard InChI is InChI=1S/C12H13F2NO.C2H6/c1-7(15-2)3-8-4-9-11(14)6-16-12(9)5-10(8)13;1-2/h4-7,15H,3H2,1-2H3;1-2H3. The van der Waals surface area contributed by atoms with Gasteiger partial charge in [0.05, 0.1) is 5.39 Å². The predicted molar refractivity (Wildman–Crippen MR) is 69.7 cm³/mol. The first-order valence-electron chi connectivity index (χ1n) is 6.14. The second-order valence-electron chi connectivity index (χ2n) is 3.92. The van der Waals surface area contributed by atoms with Gasteiger partial charge in [-0.1, -0.05) is 13.8 Å². The summed E-state index contributed by atoms with van der Waals surface area (Å²) in [5, 5.41) is 3.35. The number of halogens is 2. The van der Waals surface area contributed by atoms with Gasteiger partial charge in [-0.15, -0.1) is 0 Å². The first kappa shape index (κ1) is 14.6. The zero-order valence-electron chi connectivity index (χ0n) is 11.2. The van der Waals surface area contributed by atoms with Crippen LogP contribution in [0.3, 0.4) is 0 Å². The number of benzene rings is 1. The largest absolute Gasteiger partial charge is 0.461 e. The topological polar surface area (TPSA) is 25.2 Å². The molecular formula is C14H19F2NO. The van der Waals surface area contributed by atoms with Crippen LogP contribution in [-0.4, -0.2) is 13.1 Å². The molecule has 0 aliphatic heterocycles. The molecule has 0 spiro atoms. The van der Waals surface area contributed by atoms with E-state index in [0.717, 1.165) is 6.26 Å². The van der Waals surface area contributed by atoms with Crippen LogP contribution in [0.5, 0.6) is 0 Å². The summed E-state index contributed by atoms with van der Waals surface area (Å²) in [6.07, 6.45) is 1.51. The van der Waals surface area contributed by atoms with Crippen molar-refractivity contribution in [1.82, 2.24) is 5.32 Å². The van der Waals surface area contributed by atoms with E-state index >= 15 is 0 Å². The van der Waals surface area contributed by atoms with E-state index in [1.807, 2.05) is 20.8 Å². The average molecular weight is 255 g/mol. The zero-order valence-corrected chi connectivity index (χ0v) is 11.2. The third-order valence-corrected chi connectivity index (χ3v) is 2.71. The van der Waals surface area contributed by atoms with Crippen molar-refractivity contribution in [2.45, 2.75) is 33.2 Å². The second kappa shape index (κ2) is 6.50. The average Bonchev–Trinajstić information content (AvgIpc) is 2.73. The number of hydrogen-bond acceptors (Lipinski definition) is 2. The molecule has 2 aromatic rings. The number of likely N-dealkylation sites (N-methyl/N-ethyl adjacent to an activating group) is 1. The summed E-state index contributed by atoms with van der Waals surface area (Å²) in [7, 11) is 1.81. The summed E-state index contributed by atoms with van der Waals surface area (Å²) >= 11 is 0. The first-order valence-corrected chi connectivity index (χ1v) is 6.14. The van der Waals surface area contributed by atoms with Crippen molar-refractivity contribution in [1.29, 1.82) is 0 Å². The maximum absolute atomic E-state index is 13.6. The monoisotopic (exact) mass is 255 g/mol. The summed E-state index contributed by atoms with van der Waals surface area (Å²) in [4.78, 5) is 0. The van der Waals surface area contributed by atoms with Gasteiger partial charge in [-0.25, -0.2) is 8.78 Å². The molecule has 1 aromatic carbocycles. The third-order valence-electron chi connectivity index (χ3n) is 2.71. The lowest BCUT2D eigenvalue weighted by atomic mass is 10.0. The molecule has 2 nitrogen and oxygen atoms in total. The van der Waals surface area contributed by atoms with Gasteiger partial charge in [0.2, 0.25) is 0 Å². The Bertz CT molecular complexity index is 508. The summed E-state index contributed by atoms with van der Waals surface area (Å²) in [5.41, 5.74) is 0.741. The molecule has 0 aliphatic rings. The molecule has 1 unspecified atom stereocenters. The number of rotatable bonds is 3. The highest BCUT2D eigenvalue weighted by Crippen LogP contribution is 2.24. The molecule has 1 N–H and O–H groups in total.